The van der Waals surface area contributed by atoms with Gasteiger partial charge in [0.2, 0.25) is 0 Å². The molecule has 2 nitrogen and oxygen atoms in total. The van der Waals surface area contributed by atoms with Crippen molar-refractivity contribution in [2.45, 2.75) is 43.5 Å². The maximum absolute atomic E-state index is 10.4. The lowest BCUT2D eigenvalue weighted by Crippen LogP contribution is -2.33. The summed E-state index contributed by atoms with van der Waals surface area (Å²) in [5.41, 5.74) is -0.369. The summed E-state index contributed by atoms with van der Waals surface area (Å²) >= 11 is 1.91. The fraction of sp³-hybridized carbons (Fsp3) is 1.00. The molecule has 14 heavy (non-hydrogen) atoms. The molecule has 0 bridgehead atoms. The third-order valence-corrected chi connectivity index (χ3v) is 4.75. The molecule has 2 saturated heterocycles. The molecule has 1 N–H and O–H groups in total. The zero-order valence-electron chi connectivity index (χ0n) is 8.87. The van der Waals surface area contributed by atoms with E-state index in [0.717, 1.165) is 44.6 Å². The summed E-state index contributed by atoms with van der Waals surface area (Å²) in [5.74, 6) is 1.63. The minimum absolute atomic E-state index is 0.369. The Labute approximate surface area is 90.4 Å². The van der Waals surface area contributed by atoms with Crippen LogP contribution in [0, 0.1) is 5.92 Å². The van der Waals surface area contributed by atoms with Crippen LogP contribution in [0.15, 0.2) is 0 Å². The Hall–Kier alpha value is 0.270. The van der Waals surface area contributed by atoms with Crippen molar-refractivity contribution >= 4 is 11.8 Å². The van der Waals surface area contributed by atoms with Gasteiger partial charge in [-0.15, -0.1) is 0 Å². The van der Waals surface area contributed by atoms with Crippen LogP contribution in [0.25, 0.3) is 0 Å². The summed E-state index contributed by atoms with van der Waals surface area (Å²) in [6.07, 6.45) is 4.26. The van der Waals surface area contributed by atoms with E-state index in [9.17, 15) is 5.11 Å². The second-order valence-electron chi connectivity index (χ2n) is 4.81. The second-order valence-corrected chi connectivity index (χ2v) is 6.24. The Morgan fingerprint density at radius 1 is 1.43 bits per heavy atom. The molecule has 0 amide bonds. The van der Waals surface area contributed by atoms with Gasteiger partial charge >= 0.3 is 0 Å². The minimum atomic E-state index is -0.369. The van der Waals surface area contributed by atoms with Crippen molar-refractivity contribution in [1.82, 2.24) is 0 Å². The van der Waals surface area contributed by atoms with Gasteiger partial charge in [-0.05, 0) is 31.6 Å². The molecule has 2 aliphatic heterocycles. The van der Waals surface area contributed by atoms with E-state index in [4.69, 9.17) is 4.74 Å². The van der Waals surface area contributed by atoms with Gasteiger partial charge in [-0.25, -0.2) is 0 Å². The monoisotopic (exact) mass is 216 g/mol. The molecular formula is C11H20O2S. The number of ether oxygens (including phenoxy) is 1. The second kappa shape index (κ2) is 4.42. The standard InChI is InChI=1S/C11H20O2S/c1-9-6-11(12,8-14-9)7-10-2-4-13-5-3-10/h9-10,12H,2-8H2,1H3. The van der Waals surface area contributed by atoms with Crippen LogP contribution in [-0.2, 0) is 4.74 Å². The van der Waals surface area contributed by atoms with Crippen LogP contribution in [0.1, 0.15) is 32.6 Å². The van der Waals surface area contributed by atoms with E-state index in [1.54, 1.807) is 0 Å². The van der Waals surface area contributed by atoms with Crippen molar-refractivity contribution in [2.24, 2.45) is 5.92 Å². The molecule has 82 valence electrons. The molecule has 0 aromatic carbocycles. The molecule has 0 aliphatic carbocycles. The fourth-order valence-corrected chi connectivity index (χ4v) is 3.84. The van der Waals surface area contributed by atoms with Gasteiger partial charge in [0, 0.05) is 24.2 Å². The van der Waals surface area contributed by atoms with Crippen molar-refractivity contribution in [1.29, 1.82) is 0 Å². The van der Waals surface area contributed by atoms with E-state index < -0.39 is 0 Å². The third-order valence-electron chi connectivity index (χ3n) is 3.31. The predicted octanol–water partition coefficient (Wildman–Crippen LogP) is 2.06. The SMILES string of the molecule is CC1CC(O)(CC2CCOCC2)CS1. The average molecular weight is 216 g/mol. The van der Waals surface area contributed by atoms with Crippen LogP contribution in [0.5, 0.6) is 0 Å². The summed E-state index contributed by atoms with van der Waals surface area (Å²) in [7, 11) is 0. The number of hydrogen-bond acceptors (Lipinski definition) is 3. The van der Waals surface area contributed by atoms with Crippen LogP contribution in [0.3, 0.4) is 0 Å². The molecule has 0 aromatic rings. The van der Waals surface area contributed by atoms with Gasteiger partial charge in [0.15, 0.2) is 0 Å². The lowest BCUT2D eigenvalue weighted by molar-refractivity contribution is 0.00258. The Morgan fingerprint density at radius 3 is 2.71 bits per heavy atom. The first-order valence-corrected chi connectivity index (χ1v) is 6.65. The summed E-state index contributed by atoms with van der Waals surface area (Å²) in [6.45, 7) is 4.00. The topological polar surface area (TPSA) is 29.5 Å². The first-order valence-electron chi connectivity index (χ1n) is 5.60. The highest BCUT2D eigenvalue weighted by Crippen LogP contribution is 2.39. The van der Waals surface area contributed by atoms with Gasteiger partial charge in [0.25, 0.3) is 0 Å². The summed E-state index contributed by atoms with van der Waals surface area (Å²) in [4.78, 5) is 0. The Kier molecular flexibility index (Phi) is 3.40. The van der Waals surface area contributed by atoms with Gasteiger partial charge in [0.1, 0.15) is 0 Å². The molecule has 2 atom stereocenters. The zero-order valence-corrected chi connectivity index (χ0v) is 9.68. The van der Waals surface area contributed by atoms with Crippen LogP contribution < -0.4 is 0 Å². The average Bonchev–Trinajstić information content (AvgIpc) is 2.47. The molecule has 0 spiro atoms. The van der Waals surface area contributed by atoms with Crippen LogP contribution in [-0.4, -0.2) is 34.9 Å². The zero-order chi connectivity index (χ0) is 10.0. The van der Waals surface area contributed by atoms with Gasteiger partial charge in [-0.2, -0.15) is 11.8 Å². The molecule has 2 rings (SSSR count). The van der Waals surface area contributed by atoms with E-state index in [0.29, 0.717) is 11.2 Å². The van der Waals surface area contributed by atoms with E-state index in [1.807, 2.05) is 11.8 Å². The maximum atomic E-state index is 10.4. The lowest BCUT2D eigenvalue weighted by atomic mass is 9.85. The fourth-order valence-electron chi connectivity index (χ4n) is 2.58. The van der Waals surface area contributed by atoms with Gasteiger partial charge in [-0.3, -0.25) is 0 Å². The van der Waals surface area contributed by atoms with Crippen molar-refractivity contribution in [3.8, 4) is 0 Å². The Bertz CT molecular complexity index is 192. The molecule has 0 radical (unpaired) electrons. The minimum Gasteiger partial charge on any atom is -0.389 e. The van der Waals surface area contributed by atoms with E-state index in [1.165, 1.54) is 0 Å². The van der Waals surface area contributed by atoms with Gasteiger partial charge in [0.05, 0.1) is 5.60 Å². The largest absolute Gasteiger partial charge is 0.389 e. The van der Waals surface area contributed by atoms with Gasteiger partial charge in [-0.1, -0.05) is 6.92 Å². The molecule has 0 saturated carbocycles. The number of rotatable bonds is 2. The molecule has 2 aliphatic rings. The summed E-state index contributed by atoms with van der Waals surface area (Å²) in [5, 5.41) is 11.0. The highest BCUT2D eigenvalue weighted by Gasteiger charge is 2.37. The first kappa shape index (κ1) is 10.8. The molecule has 2 fully saturated rings. The lowest BCUT2D eigenvalue weighted by Gasteiger charge is -2.30. The molecule has 2 heterocycles. The highest BCUT2D eigenvalue weighted by atomic mass is 32.2. The molecule has 2 unspecified atom stereocenters. The van der Waals surface area contributed by atoms with Gasteiger partial charge < -0.3 is 9.84 Å². The normalized spacial score (nSPS) is 40.3. The smallest absolute Gasteiger partial charge is 0.0751 e. The van der Waals surface area contributed by atoms with Crippen LogP contribution >= 0.6 is 11.8 Å². The predicted molar refractivity (Wildman–Crippen MR) is 59.6 cm³/mol. The van der Waals surface area contributed by atoms with Crippen LogP contribution in [0.4, 0.5) is 0 Å². The summed E-state index contributed by atoms with van der Waals surface area (Å²) in [6, 6.07) is 0. The van der Waals surface area contributed by atoms with E-state index in [2.05, 4.69) is 6.92 Å². The Morgan fingerprint density at radius 2 is 2.14 bits per heavy atom. The van der Waals surface area contributed by atoms with E-state index in [-0.39, 0.29) is 5.60 Å². The quantitative estimate of drug-likeness (QED) is 0.766. The summed E-state index contributed by atoms with van der Waals surface area (Å²) < 4.78 is 5.33. The number of aliphatic hydroxyl groups is 1. The number of hydrogen-bond donors (Lipinski definition) is 1. The molecule has 3 heteroatoms. The van der Waals surface area contributed by atoms with Crippen molar-refractivity contribution in [2.75, 3.05) is 19.0 Å². The van der Waals surface area contributed by atoms with Crippen molar-refractivity contribution < 1.29 is 9.84 Å². The first-order chi connectivity index (χ1) is 6.68. The van der Waals surface area contributed by atoms with Crippen molar-refractivity contribution in [3.63, 3.8) is 0 Å². The van der Waals surface area contributed by atoms with E-state index >= 15 is 0 Å². The third kappa shape index (κ3) is 2.65. The number of thioether (sulfide) groups is 1. The highest BCUT2D eigenvalue weighted by molar-refractivity contribution is 8.00. The maximum Gasteiger partial charge on any atom is 0.0751 e. The molecular weight excluding hydrogens is 196 g/mol. The molecule has 0 aromatic heterocycles. The van der Waals surface area contributed by atoms with Crippen LogP contribution in [0.2, 0.25) is 0 Å². The van der Waals surface area contributed by atoms with Crippen molar-refractivity contribution in [3.05, 3.63) is 0 Å². The Balaban J connectivity index is 1.83.